The zero-order valence-electron chi connectivity index (χ0n) is 9.61. The van der Waals surface area contributed by atoms with Crippen LogP contribution in [-0.4, -0.2) is 36.5 Å². The fourth-order valence-corrected chi connectivity index (χ4v) is 2.05. The third-order valence-electron chi connectivity index (χ3n) is 3.07. The summed E-state index contributed by atoms with van der Waals surface area (Å²) in [5.41, 5.74) is 0. The largest absolute Gasteiger partial charge is 0.459 e. The van der Waals surface area contributed by atoms with Gasteiger partial charge in [0.25, 0.3) is 5.91 Å². The molecule has 4 heteroatoms. The Balaban J connectivity index is 1.76. The number of furan rings is 1. The summed E-state index contributed by atoms with van der Waals surface area (Å²) in [6.07, 6.45) is 4.06. The van der Waals surface area contributed by atoms with Gasteiger partial charge in [0.05, 0.1) is 6.26 Å². The highest BCUT2D eigenvalue weighted by molar-refractivity contribution is 5.91. The molecule has 16 heavy (non-hydrogen) atoms. The van der Waals surface area contributed by atoms with Crippen molar-refractivity contribution in [2.75, 3.05) is 19.6 Å². The van der Waals surface area contributed by atoms with Gasteiger partial charge in [-0.2, -0.15) is 0 Å². The van der Waals surface area contributed by atoms with Gasteiger partial charge in [0.2, 0.25) is 0 Å². The lowest BCUT2D eigenvalue weighted by atomic mass is 10.3. The SMILES string of the molecule is CC(CNC(=O)c1ccco1)N1CCCC1. The van der Waals surface area contributed by atoms with Gasteiger partial charge in [-0.15, -0.1) is 0 Å². The fraction of sp³-hybridized carbons (Fsp3) is 0.583. The lowest BCUT2D eigenvalue weighted by Crippen LogP contribution is -2.40. The van der Waals surface area contributed by atoms with Crippen LogP contribution < -0.4 is 5.32 Å². The van der Waals surface area contributed by atoms with Crippen LogP contribution in [0, 0.1) is 0 Å². The number of nitrogens with one attached hydrogen (secondary N) is 1. The first-order valence-corrected chi connectivity index (χ1v) is 5.83. The molecule has 1 aromatic heterocycles. The number of nitrogens with zero attached hydrogens (tertiary/aromatic N) is 1. The molecule has 1 amide bonds. The molecule has 0 bridgehead atoms. The first-order valence-electron chi connectivity index (χ1n) is 5.83. The molecule has 0 radical (unpaired) electrons. The van der Waals surface area contributed by atoms with Gasteiger partial charge in [0.15, 0.2) is 5.76 Å². The maximum atomic E-state index is 11.6. The summed E-state index contributed by atoms with van der Waals surface area (Å²) in [7, 11) is 0. The van der Waals surface area contributed by atoms with Crippen molar-refractivity contribution < 1.29 is 9.21 Å². The van der Waals surface area contributed by atoms with E-state index < -0.39 is 0 Å². The molecule has 1 aliphatic rings. The topological polar surface area (TPSA) is 45.5 Å². The van der Waals surface area contributed by atoms with Crippen LogP contribution in [0.1, 0.15) is 30.3 Å². The minimum absolute atomic E-state index is 0.129. The summed E-state index contributed by atoms with van der Waals surface area (Å²) in [6, 6.07) is 3.80. The number of amides is 1. The molecule has 4 nitrogen and oxygen atoms in total. The van der Waals surface area contributed by atoms with E-state index in [4.69, 9.17) is 4.42 Å². The van der Waals surface area contributed by atoms with E-state index in [1.807, 2.05) is 0 Å². The molecule has 1 aromatic rings. The molecule has 0 aliphatic carbocycles. The Labute approximate surface area is 95.6 Å². The first-order chi connectivity index (χ1) is 7.77. The second kappa shape index (κ2) is 5.16. The third kappa shape index (κ3) is 2.64. The third-order valence-corrected chi connectivity index (χ3v) is 3.07. The van der Waals surface area contributed by atoms with E-state index in [1.165, 1.54) is 19.1 Å². The van der Waals surface area contributed by atoms with E-state index >= 15 is 0 Å². The Morgan fingerprint density at radius 1 is 1.56 bits per heavy atom. The van der Waals surface area contributed by atoms with Gasteiger partial charge in [-0.25, -0.2) is 0 Å². The molecular formula is C12H18N2O2. The van der Waals surface area contributed by atoms with Crippen LogP contribution in [0.15, 0.2) is 22.8 Å². The first kappa shape index (κ1) is 11.2. The van der Waals surface area contributed by atoms with Crippen LogP contribution in [0.4, 0.5) is 0 Å². The highest BCUT2D eigenvalue weighted by atomic mass is 16.3. The molecule has 1 atom stereocenters. The van der Waals surface area contributed by atoms with Crippen LogP contribution in [0.25, 0.3) is 0 Å². The van der Waals surface area contributed by atoms with Crippen molar-refractivity contribution in [1.29, 1.82) is 0 Å². The molecule has 88 valence electrons. The maximum Gasteiger partial charge on any atom is 0.287 e. The summed E-state index contributed by atoms with van der Waals surface area (Å²) in [5.74, 6) is 0.254. The van der Waals surface area contributed by atoms with E-state index in [-0.39, 0.29) is 5.91 Å². The molecule has 0 spiro atoms. The number of likely N-dealkylation sites (tertiary alicyclic amines) is 1. The van der Waals surface area contributed by atoms with E-state index in [2.05, 4.69) is 17.1 Å². The van der Waals surface area contributed by atoms with E-state index in [1.54, 1.807) is 12.1 Å². The zero-order chi connectivity index (χ0) is 11.4. The van der Waals surface area contributed by atoms with Gasteiger partial charge in [0, 0.05) is 12.6 Å². The molecule has 1 saturated heterocycles. The number of rotatable bonds is 4. The summed E-state index contributed by atoms with van der Waals surface area (Å²) in [4.78, 5) is 14.0. The van der Waals surface area contributed by atoms with Crippen LogP contribution in [0.5, 0.6) is 0 Å². The summed E-state index contributed by atoms with van der Waals surface area (Å²) < 4.78 is 5.03. The predicted octanol–water partition coefficient (Wildman–Crippen LogP) is 1.49. The van der Waals surface area contributed by atoms with Crippen LogP contribution in [-0.2, 0) is 0 Å². The highest BCUT2D eigenvalue weighted by Crippen LogP contribution is 2.10. The number of hydrogen-bond donors (Lipinski definition) is 1. The summed E-state index contributed by atoms with van der Waals surface area (Å²) in [6.45, 7) is 5.13. The van der Waals surface area contributed by atoms with Crippen LogP contribution >= 0.6 is 0 Å². The lowest BCUT2D eigenvalue weighted by molar-refractivity contribution is 0.0912. The van der Waals surface area contributed by atoms with Crippen LogP contribution in [0.2, 0.25) is 0 Å². The van der Waals surface area contributed by atoms with Crippen molar-refractivity contribution in [2.24, 2.45) is 0 Å². The fourth-order valence-electron chi connectivity index (χ4n) is 2.05. The monoisotopic (exact) mass is 222 g/mol. The van der Waals surface area contributed by atoms with Gasteiger partial charge < -0.3 is 9.73 Å². The quantitative estimate of drug-likeness (QED) is 0.839. The molecule has 2 rings (SSSR count). The Hall–Kier alpha value is -1.29. The van der Waals surface area contributed by atoms with Gasteiger partial charge >= 0.3 is 0 Å². The van der Waals surface area contributed by atoms with Crippen molar-refractivity contribution in [3.05, 3.63) is 24.2 Å². The molecule has 1 aliphatic heterocycles. The smallest absolute Gasteiger partial charge is 0.287 e. The molecule has 1 N–H and O–H groups in total. The molecule has 2 heterocycles. The van der Waals surface area contributed by atoms with E-state index in [0.717, 1.165) is 13.1 Å². The summed E-state index contributed by atoms with van der Waals surface area (Å²) >= 11 is 0. The molecule has 1 unspecified atom stereocenters. The Bertz CT molecular complexity index is 329. The Morgan fingerprint density at radius 2 is 2.31 bits per heavy atom. The number of hydrogen-bond acceptors (Lipinski definition) is 3. The number of carbonyl (C=O) groups excluding carboxylic acids is 1. The predicted molar refractivity (Wildman–Crippen MR) is 61.3 cm³/mol. The molecule has 1 fully saturated rings. The average Bonchev–Trinajstić information content (AvgIpc) is 2.95. The van der Waals surface area contributed by atoms with E-state index in [9.17, 15) is 4.79 Å². The number of carbonyl (C=O) groups is 1. The standard InChI is InChI=1S/C12H18N2O2/c1-10(14-6-2-3-7-14)9-13-12(15)11-5-4-8-16-11/h4-5,8,10H,2-3,6-7,9H2,1H3,(H,13,15). The van der Waals surface area contributed by atoms with Crippen molar-refractivity contribution in [1.82, 2.24) is 10.2 Å². The maximum absolute atomic E-state index is 11.6. The zero-order valence-corrected chi connectivity index (χ0v) is 9.61. The molecular weight excluding hydrogens is 204 g/mol. The van der Waals surface area contributed by atoms with Crippen molar-refractivity contribution in [3.8, 4) is 0 Å². The molecule has 0 aromatic carbocycles. The Kier molecular flexibility index (Phi) is 3.62. The van der Waals surface area contributed by atoms with Gasteiger partial charge in [-0.05, 0) is 45.0 Å². The second-order valence-electron chi connectivity index (χ2n) is 4.28. The van der Waals surface area contributed by atoms with Gasteiger partial charge in [-0.1, -0.05) is 0 Å². The summed E-state index contributed by atoms with van der Waals surface area (Å²) in [5, 5.41) is 2.89. The second-order valence-corrected chi connectivity index (χ2v) is 4.28. The Morgan fingerprint density at radius 3 is 2.94 bits per heavy atom. The van der Waals surface area contributed by atoms with E-state index in [0.29, 0.717) is 18.3 Å². The van der Waals surface area contributed by atoms with Crippen LogP contribution in [0.3, 0.4) is 0 Å². The minimum Gasteiger partial charge on any atom is -0.459 e. The van der Waals surface area contributed by atoms with Crippen molar-refractivity contribution >= 4 is 5.91 Å². The highest BCUT2D eigenvalue weighted by Gasteiger charge is 2.18. The minimum atomic E-state index is -0.129. The van der Waals surface area contributed by atoms with Crippen molar-refractivity contribution in [2.45, 2.75) is 25.8 Å². The van der Waals surface area contributed by atoms with Crippen molar-refractivity contribution in [3.63, 3.8) is 0 Å². The molecule has 0 saturated carbocycles. The lowest BCUT2D eigenvalue weighted by Gasteiger charge is -2.23. The van der Waals surface area contributed by atoms with Gasteiger partial charge in [-0.3, -0.25) is 9.69 Å². The average molecular weight is 222 g/mol. The van der Waals surface area contributed by atoms with Gasteiger partial charge in [0.1, 0.15) is 0 Å². The normalized spacial score (nSPS) is 18.6.